The van der Waals surface area contributed by atoms with Gasteiger partial charge in [0.1, 0.15) is 0 Å². The van der Waals surface area contributed by atoms with Gasteiger partial charge in [-0.15, -0.1) is 0 Å². The molecular formula is C15H23N3O. The van der Waals surface area contributed by atoms with E-state index in [1.165, 1.54) is 24.8 Å². The molecule has 1 N–H and O–H groups in total. The molecule has 0 spiro atoms. The average Bonchev–Trinajstić information content (AvgIpc) is 3.30. The second-order valence-electron chi connectivity index (χ2n) is 5.61. The Morgan fingerprint density at radius 2 is 2.16 bits per heavy atom. The van der Waals surface area contributed by atoms with Gasteiger partial charge in [0.25, 0.3) is 0 Å². The van der Waals surface area contributed by atoms with Crippen LogP contribution in [0.5, 0.6) is 5.88 Å². The van der Waals surface area contributed by atoms with Crippen LogP contribution in [0.15, 0.2) is 18.3 Å². The Morgan fingerprint density at radius 1 is 1.37 bits per heavy atom. The van der Waals surface area contributed by atoms with E-state index >= 15 is 0 Å². The second kappa shape index (κ2) is 5.88. The van der Waals surface area contributed by atoms with E-state index in [1.54, 1.807) is 7.11 Å². The van der Waals surface area contributed by atoms with Gasteiger partial charge in [-0.2, -0.15) is 0 Å². The SMILES string of the molecule is COc1ccc([C@H](CC2CC2)N2CCNCC2)cn1. The van der Waals surface area contributed by atoms with Crippen LogP contribution in [0.1, 0.15) is 30.9 Å². The van der Waals surface area contributed by atoms with Crippen LogP contribution in [0.2, 0.25) is 0 Å². The number of hydrogen-bond acceptors (Lipinski definition) is 4. The fourth-order valence-electron chi connectivity index (χ4n) is 2.87. The molecule has 0 radical (unpaired) electrons. The summed E-state index contributed by atoms with van der Waals surface area (Å²) >= 11 is 0. The molecule has 1 aliphatic heterocycles. The van der Waals surface area contributed by atoms with Gasteiger partial charge in [-0.1, -0.05) is 18.9 Å². The summed E-state index contributed by atoms with van der Waals surface area (Å²) in [5.74, 6) is 1.64. The molecule has 1 aromatic heterocycles. The van der Waals surface area contributed by atoms with Crippen LogP contribution in [0.25, 0.3) is 0 Å². The van der Waals surface area contributed by atoms with E-state index in [0.717, 1.165) is 32.1 Å². The minimum absolute atomic E-state index is 0.535. The number of aromatic nitrogens is 1. The Hall–Kier alpha value is -1.13. The Kier molecular flexibility index (Phi) is 3.99. The number of ether oxygens (including phenoxy) is 1. The first-order chi connectivity index (χ1) is 9.36. The lowest BCUT2D eigenvalue weighted by atomic mass is 10.0. The van der Waals surface area contributed by atoms with Gasteiger partial charge < -0.3 is 10.1 Å². The summed E-state index contributed by atoms with van der Waals surface area (Å²) in [4.78, 5) is 6.99. The van der Waals surface area contributed by atoms with Crippen LogP contribution in [0, 0.1) is 5.92 Å². The first kappa shape index (κ1) is 12.9. The van der Waals surface area contributed by atoms with Gasteiger partial charge in [0.15, 0.2) is 0 Å². The third kappa shape index (κ3) is 3.25. The molecule has 2 aliphatic rings. The Labute approximate surface area is 115 Å². The molecule has 0 bridgehead atoms. The topological polar surface area (TPSA) is 37.4 Å². The van der Waals surface area contributed by atoms with Crippen molar-refractivity contribution in [2.75, 3.05) is 33.3 Å². The van der Waals surface area contributed by atoms with Crippen molar-refractivity contribution in [1.82, 2.24) is 15.2 Å². The number of hydrogen-bond donors (Lipinski definition) is 1. The van der Waals surface area contributed by atoms with E-state index in [1.807, 2.05) is 12.3 Å². The minimum atomic E-state index is 0.535. The van der Waals surface area contributed by atoms with Crippen molar-refractivity contribution in [2.24, 2.45) is 5.92 Å². The number of piperazine rings is 1. The van der Waals surface area contributed by atoms with Gasteiger partial charge >= 0.3 is 0 Å². The summed E-state index contributed by atoms with van der Waals surface area (Å²) in [6.45, 7) is 4.49. The summed E-state index contributed by atoms with van der Waals surface area (Å²) < 4.78 is 5.15. The van der Waals surface area contributed by atoms with Crippen LogP contribution in [-0.2, 0) is 0 Å². The number of methoxy groups -OCH3 is 1. The third-order valence-corrected chi connectivity index (χ3v) is 4.20. The van der Waals surface area contributed by atoms with E-state index < -0.39 is 0 Å². The highest BCUT2D eigenvalue weighted by molar-refractivity contribution is 5.21. The third-order valence-electron chi connectivity index (χ3n) is 4.20. The monoisotopic (exact) mass is 261 g/mol. The normalized spacial score (nSPS) is 22.2. The molecule has 4 nitrogen and oxygen atoms in total. The molecule has 0 amide bonds. The van der Waals surface area contributed by atoms with Crippen LogP contribution in [0.3, 0.4) is 0 Å². The maximum absolute atomic E-state index is 5.15. The zero-order valence-corrected chi connectivity index (χ0v) is 11.6. The Balaban J connectivity index is 1.75. The lowest BCUT2D eigenvalue weighted by Crippen LogP contribution is -2.45. The molecular weight excluding hydrogens is 238 g/mol. The van der Waals surface area contributed by atoms with Gasteiger partial charge in [-0.05, 0) is 17.9 Å². The standard InChI is InChI=1S/C15H23N3O/c1-19-15-5-4-13(11-17-15)14(10-12-2-3-12)18-8-6-16-7-9-18/h4-5,11-12,14,16H,2-3,6-10H2,1H3/t14-/m0/s1. The second-order valence-corrected chi connectivity index (χ2v) is 5.61. The van der Waals surface area contributed by atoms with Crippen molar-refractivity contribution in [2.45, 2.75) is 25.3 Å². The zero-order valence-electron chi connectivity index (χ0n) is 11.6. The largest absolute Gasteiger partial charge is 0.481 e. The molecule has 4 heteroatoms. The van der Waals surface area contributed by atoms with E-state index in [2.05, 4.69) is 21.3 Å². The predicted molar refractivity (Wildman–Crippen MR) is 75.3 cm³/mol. The van der Waals surface area contributed by atoms with E-state index in [9.17, 15) is 0 Å². The fourth-order valence-corrected chi connectivity index (χ4v) is 2.87. The molecule has 1 atom stereocenters. The van der Waals surface area contributed by atoms with Crippen LogP contribution >= 0.6 is 0 Å². The molecule has 104 valence electrons. The summed E-state index contributed by atoms with van der Waals surface area (Å²) in [5.41, 5.74) is 1.34. The first-order valence-electron chi connectivity index (χ1n) is 7.31. The number of nitrogens with one attached hydrogen (secondary N) is 1. The highest BCUT2D eigenvalue weighted by atomic mass is 16.5. The van der Waals surface area contributed by atoms with Crippen molar-refractivity contribution >= 4 is 0 Å². The maximum Gasteiger partial charge on any atom is 0.212 e. The smallest absolute Gasteiger partial charge is 0.212 e. The summed E-state index contributed by atoms with van der Waals surface area (Å²) in [7, 11) is 1.67. The van der Waals surface area contributed by atoms with E-state index in [0.29, 0.717) is 11.9 Å². The molecule has 19 heavy (non-hydrogen) atoms. The van der Waals surface area contributed by atoms with E-state index in [-0.39, 0.29) is 0 Å². The zero-order chi connectivity index (χ0) is 13.1. The van der Waals surface area contributed by atoms with Crippen molar-refractivity contribution < 1.29 is 4.74 Å². The summed E-state index contributed by atoms with van der Waals surface area (Å²) in [6, 6.07) is 4.70. The van der Waals surface area contributed by atoms with Gasteiger partial charge in [-0.25, -0.2) is 4.98 Å². The molecule has 2 fully saturated rings. The van der Waals surface area contributed by atoms with Crippen LogP contribution < -0.4 is 10.1 Å². The lowest BCUT2D eigenvalue weighted by Gasteiger charge is -2.35. The molecule has 1 aliphatic carbocycles. The van der Waals surface area contributed by atoms with Crippen molar-refractivity contribution in [1.29, 1.82) is 0 Å². The lowest BCUT2D eigenvalue weighted by molar-refractivity contribution is 0.160. The van der Waals surface area contributed by atoms with Gasteiger partial charge in [0.05, 0.1) is 7.11 Å². The highest BCUT2D eigenvalue weighted by Gasteiger charge is 2.30. The predicted octanol–water partition coefficient (Wildman–Crippen LogP) is 1.84. The Bertz CT molecular complexity index is 396. The van der Waals surface area contributed by atoms with Gasteiger partial charge in [0, 0.05) is 44.5 Å². The highest BCUT2D eigenvalue weighted by Crippen LogP contribution is 2.40. The van der Waals surface area contributed by atoms with Crippen molar-refractivity contribution in [3.63, 3.8) is 0 Å². The van der Waals surface area contributed by atoms with Crippen LogP contribution in [-0.4, -0.2) is 43.2 Å². The molecule has 1 saturated heterocycles. The molecule has 3 rings (SSSR count). The molecule has 0 unspecified atom stereocenters. The van der Waals surface area contributed by atoms with Crippen molar-refractivity contribution in [3.05, 3.63) is 23.9 Å². The number of pyridine rings is 1. The fraction of sp³-hybridized carbons (Fsp3) is 0.667. The van der Waals surface area contributed by atoms with E-state index in [4.69, 9.17) is 4.74 Å². The van der Waals surface area contributed by atoms with Crippen LogP contribution in [0.4, 0.5) is 0 Å². The maximum atomic E-state index is 5.15. The summed E-state index contributed by atoms with van der Waals surface area (Å²) in [5, 5.41) is 3.43. The number of nitrogens with zero attached hydrogens (tertiary/aromatic N) is 2. The number of rotatable bonds is 5. The van der Waals surface area contributed by atoms with Gasteiger partial charge in [-0.3, -0.25) is 4.90 Å². The average molecular weight is 261 g/mol. The Morgan fingerprint density at radius 3 is 2.74 bits per heavy atom. The van der Waals surface area contributed by atoms with Crippen molar-refractivity contribution in [3.8, 4) is 5.88 Å². The first-order valence-corrected chi connectivity index (χ1v) is 7.31. The van der Waals surface area contributed by atoms with Gasteiger partial charge in [0.2, 0.25) is 5.88 Å². The molecule has 1 aromatic rings. The molecule has 0 aromatic carbocycles. The minimum Gasteiger partial charge on any atom is -0.481 e. The molecule has 2 heterocycles. The summed E-state index contributed by atoms with van der Waals surface area (Å²) in [6.07, 6.45) is 6.10. The quantitative estimate of drug-likeness (QED) is 0.877. The molecule has 1 saturated carbocycles.